The fourth-order valence-electron chi connectivity index (χ4n) is 18.6. The number of hydrogen-bond donors (Lipinski definition) is 0. The standard InChI is InChI=1S/3C41H25N3S/c1-2-11-29(12-3-1)39-42-40(30-20-17-27(18-21-30)32-22-19-26-9-4-5-13-31(26)25-32)44-41(43-39)35-15-8-16-36-37(35)34-24-23-28-10-6-7-14-33(28)38(34)45-36;1-2-10-29(11-3-1)39-42-40(30-17-14-27(15-18-30)32-19-16-26-8-4-5-12-31(26)24-32)44-41(43-39)33-21-22-35-36-23-20-28-9-6-7-13-34(28)38(36)45-37(35)25-33;1-2-10-29(11-3-1)39-42-40(30-17-14-27(15-18-30)32-19-16-26-8-4-5-12-31(26)24-32)44-41(43-39)33-21-23-37-36(25-33)35-22-20-28-9-6-7-13-34(28)38(35)45-37/h3*1-25H. The Labute approximate surface area is 788 Å². The molecule has 0 bridgehead atoms. The average molecular weight is 1780 g/mol. The summed E-state index contributed by atoms with van der Waals surface area (Å²) in [6.07, 6.45) is 0. The molecular weight excluding hydrogens is 1700 g/mol. The van der Waals surface area contributed by atoms with Crippen LogP contribution in [-0.2, 0) is 0 Å². The fourth-order valence-corrected chi connectivity index (χ4v) is 22.4. The first-order valence-corrected chi connectivity index (χ1v) is 47.5. The third-order valence-electron chi connectivity index (χ3n) is 25.5. The van der Waals surface area contributed by atoms with Crippen LogP contribution in [0.5, 0.6) is 0 Å². The molecule has 0 aliphatic carbocycles. The molecule has 0 fully saturated rings. The predicted octanol–water partition coefficient (Wildman–Crippen LogP) is 33.6. The third kappa shape index (κ3) is 15.4. The predicted molar refractivity (Wildman–Crippen MR) is 568 cm³/mol. The van der Waals surface area contributed by atoms with E-state index in [0.717, 1.165) is 66.8 Å². The minimum Gasteiger partial charge on any atom is -0.208 e. The monoisotopic (exact) mass is 1770 g/mol. The highest BCUT2D eigenvalue weighted by molar-refractivity contribution is 7.27. The average Bonchev–Trinajstić information content (AvgIpc) is 1.57. The van der Waals surface area contributed by atoms with Crippen LogP contribution in [0.3, 0.4) is 0 Å². The van der Waals surface area contributed by atoms with E-state index in [1.807, 2.05) is 113 Å². The number of hydrogen-bond acceptors (Lipinski definition) is 12. The van der Waals surface area contributed by atoms with Crippen LogP contribution in [0, 0.1) is 0 Å². The van der Waals surface area contributed by atoms with Crippen molar-refractivity contribution in [2.75, 3.05) is 0 Å². The molecule has 0 aliphatic heterocycles. The summed E-state index contributed by atoms with van der Waals surface area (Å²) in [6.45, 7) is 0. The summed E-state index contributed by atoms with van der Waals surface area (Å²) in [4.78, 5) is 45.2. The molecule has 6 aromatic heterocycles. The molecule has 21 aromatic carbocycles. The number of aromatic nitrogens is 9. The van der Waals surface area contributed by atoms with Gasteiger partial charge < -0.3 is 0 Å². The lowest BCUT2D eigenvalue weighted by molar-refractivity contribution is 1.07. The van der Waals surface area contributed by atoms with Crippen LogP contribution in [-0.4, -0.2) is 44.9 Å². The molecule has 0 unspecified atom stereocenters. The molecule has 0 amide bonds. The van der Waals surface area contributed by atoms with Crippen molar-refractivity contribution in [2.45, 2.75) is 0 Å². The van der Waals surface area contributed by atoms with Gasteiger partial charge in [0.1, 0.15) is 0 Å². The molecule has 0 aliphatic rings. The van der Waals surface area contributed by atoms with Crippen LogP contribution in [0.2, 0.25) is 0 Å². The first-order valence-electron chi connectivity index (χ1n) is 45.1. The topological polar surface area (TPSA) is 116 Å². The normalized spacial score (nSPS) is 11.6. The van der Waals surface area contributed by atoms with Crippen molar-refractivity contribution in [3.8, 4) is 136 Å². The third-order valence-corrected chi connectivity index (χ3v) is 29.2. The molecule has 12 heteroatoms. The van der Waals surface area contributed by atoms with E-state index in [1.165, 1.54) is 142 Å². The Hall–Kier alpha value is -17.1. The highest BCUT2D eigenvalue weighted by Crippen LogP contribution is 2.46. The lowest BCUT2D eigenvalue weighted by Crippen LogP contribution is -2.00. The van der Waals surface area contributed by atoms with Crippen LogP contribution in [0.25, 0.3) is 261 Å². The van der Waals surface area contributed by atoms with E-state index in [2.05, 4.69) is 376 Å². The van der Waals surface area contributed by atoms with Gasteiger partial charge in [0.2, 0.25) is 0 Å². The smallest absolute Gasteiger partial charge is 0.164 e. The zero-order valence-electron chi connectivity index (χ0n) is 72.6. The van der Waals surface area contributed by atoms with Crippen molar-refractivity contribution in [1.29, 1.82) is 0 Å². The van der Waals surface area contributed by atoms with Gasteiger partial charge in [-0.05, 0) is 147 Å². The number of rotatable bonds is 12. The highest BCUT2D eigenvalue weighted by atomic mass is 32.1. The maximum Gasteiger partial charge on any atom is 0.164 e. The van der Waals surface area contributed by atoms with E-state index >= 15 is 0 Å². The molecule has 0 atom stereocenters. The molecule has 630 valence electrons. The van der Waals surface area contributed by atoms with Gasteiger partial charge in [0.05, 0.1) is 0 Å². The zero-order valence-corrected chi connectivity index (χ0v) is 75.0. The Morgan fingerprint density at radius 2 is 0.400 bits per heavy atom. The minimum absolute atomic E-state index is 0.658. The van der Waals surface area contributed by atoms with Crippen molar-refractivity contribution in [3.05, 3.63) is 455 Å². The first kappa shape index (κ1) is 80.0. The van der Waals surface area contributed by atoms with Gasteiger partial charge in [-0.3, -0.25) is 0 Å². The van der Waals surface area contributed by atoms with Gasteiger partial charge in [0.15, 0.2) is 52.4 Å². The molecule has 6 heterocycles. The number of benzene rings is 21. The molecule has 0 saturated carbocycles. The zero-order chi connectivity index (χ0) is 89.2. The van der Waals surface area contributed by atoms with Gasteiger partial charge >= 0.3 is 0 Å². The SMILES string of the molecule is c1ccc(-c2nc(-c3ccc(-c4ccc5ccccc5c4)cc3)nc(-c3ccc4c(c3)sc3c5ccccc5ccc43)n2)cc1.c1ccc(-c2nc(-c3ccc(-c4ccc5ccccc5c4)cc3)nc(-c3ccc4sc5c6ccccc6ccc5c4c3)n2)cc1.c1ccc(-c2nc(-c3ccc(-c4ccc5ccccc5c4)cc3)nc(-c3cccc4sc5c6ccccc6ccc5c34)n2)cc1. The van der Waals surface area contributed by atoms with E-state index < -0.39 is 0 Å². The molecule has 0 N–H and O–H groups in total. The van der Waals surface area contributed by atoms with E-state index in [0.29, 0.717) is 52.4 Å². The van der Waals surface area contributed by atoms with Crippen molar-refractivity contribution in [1.82, 2.24) is 44.9 Å². The van der Waals surface area contributed by atoms with Gasteiger partial charge in [-0.2, -0.15) is 0 Å². The van der Waals surface area contributed by atoms with Crippen LogP contribution in [0.4, 0.5) is 0 Å². The Kier molecular flexibility index (Phi) is 20.3. The summed E-state index contributed by atoms with van der Waals surface area (Å²) >= 11 is 5.50. The summed E-state index contributed by atoms with van der Waals surface area (Å²) in [5, 5.41) is 22.5. The quantitative estimate of drug-likeness (QED) is 0.118. The van der Waals surface area contributed by atoms with Gasteiger partial charge in [-0.25, -0.2) is 44.9 Å². The van der Waals surface area contributed by atoms with Crippen LogP contribution in [0.1, 0.15) is 0 Å². The fraction of sp³-hybridized carbons (Fsp3) is 0. The van der Waals surface area contributed by atoms with Crippen molar-refractivity contribution in [3.63, 3.8) is 0 Å². The summed E-state index contributed by atoms with van der Waals surface area (Å²) in [7, 11) is 0. The lowest BCUT2D eigenvalue weighted by atomic mass is 10.00. The molecular formula is C123H75N9S3. The molecule has 27 aromatic rings. The first-order chi connectivity index (χ1) is 66.8. The maximum atomic E-state index is 5.12. The van der Waals surface area contributed by atoms with Gasteiger partial charge in [-0.15, -0.1) is 34.0 Å². The van der Waals surface area contributed by atoms with Gasteiger partial charge in [0, 0.05) is 111 Å². The summed E-state index contributed by atoms with van der Waals surface area (Å²) in [5.74, 6) is 5.97. The molecule has 0 radical (unpaired) electrons. The number of thiophene rings is 3. The van der Waals surface area contributed by atoms with Crippen molar-refractivity contribution < 1.29 is 0 Å². The summed E-state index contributed by atoms with van der Waals surface area (Å²) < 4.78 is 7.62. The highest BCUT2D eigenvalue weighted by Gasteiger charge is 2.23. The largest absolute Gasteiger partial charge is 0.208 e. The molecule has 135 heavy (non-hydrogen) atoms. The van der Waals surface area contributed by atoms with E-state index in [-0.39, 0.29) is 0 Å². The second kappa shape index (κ2) is 34.3. The molecule has 0 saturated heterocycles. The van der Waals surface area contributed by atoms with E-state index in [9.17, 15) is 0 Å². The second-order valence-electron chi connectivity index (χ2n) is 33.8. The Bertz CT molecular complexity index is 9270. The molecule has 0 spiro atoms. The number of fused-ring (bicyclic) bond motifs is 18. The minimum atomic E-state index is 0.658. The maximum absolute atomic E-state index is 5.12. The summed E-state index contributed by atoms with van der Waals surface area (Å²) in [6, 6.07) is 160. The van der Waals surface area contributed by atoms with Gasteiger partial charge in [0.25, 0.3) is 0 Å². The Morgan fingerprint density at radius 1 is 0.126 bits per heavy atom. The number of nitrogens with zero attached hydrogens (tertiary/aromatic N) is 9. The Morgan fingerprint density at radius 3 is 0.815 bits per heavy atom. The molecule has 9 nitrogen and oxygen atoms in total. The van der Waals surface area contributed by atoms with Crippen LogP contribution in [0.15, 0.2) is 455 Å². The lowest BCUT2D eigenvalue weighted by Gasteiger charge is -2.10. The van der Waals surface area contributed by atoms with Gasteiger partial charge in [-0.1, -0.05) is 406 Å². The second-order valence-corrected chi connectivity index (χ2v) is 37.0. The molecule has 27 rings (SSSR count). The van der Waals surface area contributed by atoms with Crippen molar-refractivity contribution in [2.24, 2.45) is 0 Å². The van der Waals surface area contributed by atoms with E-state index in [1.54, 1.807) is 0 Å². The van der Waals surface area contributed by atoms with E-state index in [4.69, 9.17) is 44.9 Å². The van der Waals surface area contributed by atoms with Crippen LogP contribution < -0.4 is 0 Å². The summed E-state index contributed by atoms with van der Waals surface area (Å²) in [5.41, 5.74) is 15.7. The Balaban J connectivity index is 0.000000108. The van der Waals surface area contributed by atoms with Crippen molar-refractivity contribution >= 4 is 159 Å². The van der Waals surface area contributed by atoms with Crippen LogP contribution >= 0.6 is 34.0 Å².